The van der Waals surface area contributed by atoms with Crippen LogP contribution in [-0.4, -0.2) is 62.4 Å². The predicted molar refractivity (Wildman–Crippen MR) is 89.1 cm³/mol. The number of methoxy groups -OCH3 is 2. The summed E-state index contributed by atoms with van der Waals surface area (Å²) in [5.41, 5.74) is 1.14. The summed E-state index contributed by atoms with van der Waals surface area (Å²) in [4.78, 5) is 25.8. The maximum atomic E-state index is 12.9. The van der Waals surface area contributed by atoms with Crippen LogP contribution in [0, 0.1) is 11.8 Å². The topological polar surface area (TPSA) is 68.3 Å². The fraction of sp³-hybridized carbons (Fsp3) is 0.444. The Morgan fingerprint density at radius 3 is 2.00 bits per heavy atom. The van der Waals surface area contributed by atoms with E-state index in [-0.39, 0.29) is 11.8 Å². The van der Waals surface area contributed by atoms with Crippen molar-refractivity contribution in [3.63, 3.8) is 0 Å². The molecule has 2 aliphatic heterocycles. The summed E-state index contributed by atoms with van der Waals surface area (Å²) in [5, 5.41) is 2.91. The second kappa shape index (κ2) is 7.03. The van der Waals surface area contributed by atoms with Crippen molar-refractivity contribution in [1.82, 2.24) is 10.0 Å². The average Bonchev–Trinajstić information content (AvgIpc) is 2.79. The summed E-state index contributed by atoms with van der Waals surface area (Å²) in [6.07, 6.45) is 0. The Hall–Kier alpha value is -2.72. The first-order chi connectivity index (χ1) is 12.1. The molecule has 0 N–H and O–H groups in total. The molecule has 7 nitrogen and oxygen atoms in total. The van der Waals surface area contributed by atoms with Gasteiger partial charge in [0.05, 0.1) is 46.1 Å². The van der Waals surface area contributed by atoms with Crippen LogP contribution in [0.4, 0.5) is 0 Å². The van der Waals surface area contributed by atoms with Crippen LogP contribution < -0.4 is 9.47 Å². The van der Waals surface area contributed by atoms with E-state index in [1.165, 1.54) is 24.2 Å². The first-order valence-electron chi connectivity index (χ1n) is 8.01. The molecule has 2 amide bonds. The van der Waals surface area contributed by atoms with E-state index < -0.39 is 5.92 Å². The maximum Gasteiger partial charge on any atom is 0.258 e. The van der Waals surface area contributed by atoms with Gasteiger partial charge in [0.2, 0.25) is 0 Å². The first kappa shape index (κ1) is 17.1. The van der Waals surface area contributed by atoms with E-state index in [4.69, 9.17) is 14.2 Å². The summed E-state index contributed by atoms with van der Waals surface area (Å²) in [7, 11) is 3.00. The summed E-state index contributed by atoms with van der Waals surface area (Å²) in [5.74, 6) is 5.02. The molecule has 0 saturated carbocycles. The van der Waals surface area contributed by atoms with E-state index in [2.05, 4.69) is 11.8 Å². The van der Waals surface area contributed by atoms with Crippen molar-refractivity contribution in [2.45, 2.75) is 12.8 Å². The van der Waals surface area contributed by atoms with Gasteiger partial charge in [-0.2, -0.15) is 0 Å². The second-order valence-corrected chi connectivity index (χ2v) is 5.64. The number of carbonyl (C=O) groups is 2. The third-order valence-corrected chi connectivity index (χ3v) is 4.29. The van der Waals surface area contributed by atoms with Gasteiger partial charge in [0.1, 0.15) is 11.5 Å². The molecule has 0 aliphatic carbocycles. The van der Waals surface area contributed by atoms with Gasteiger partial charge in [0, 0.05) is 5.56 Å². The lowest BCUT2D eigenvalue weighted by molar-refractivity contribution is -0.145. The van der Waals surface area contributed by atoms with E-state index in [1.54, 1.807) is 19.1 Å². The van der Waals surface area contributed by atoms with E-state index in [0.717, 1.165) is 0 Å². The Labute approximate surface area is 146 Å². The van der Waals surface area contributed by atoms with Crippen molar-refractivity contribution in [3.8, 4) is 23.3 Å². The molecule has 0 atom stereocenters. The summed E-state index contributed by atoms with van der Waals surface area (Å²) >= 11 is 0. The number of hydrogen-bond acceptors (Lipinski definition) is 5. The minimum Gasteiger partial charge on any atom is -0.496 e. The van der Waals surface area contributed by atoms with Crippen LogP contribution in [0.15, 0.2) is 12.1 Å². The Morgan fingerprint density at radius 2 is 1.56 bits per heavy atom. The van der Waals surface area contributed by atoms with Gasteiger partial charge in [-0.05, 0) is 19.1 Å². The van der Waals surface area contributed by atoms with Crippen molar-refractivity contribution in [2.75, 3.05) is 40.5 Å². The summed E-state index contributed by atoms with van der Waals surface area (Å²) in [6, 6.07) is 3.44. The van der Waals surface area contributed by atoms with Crippen LogP contribution in [0.3, 0.4) is 0 Å². The zero-order chi connectivity index (χ0) is 18.0. The Bertz CT molecular complexity index is 715. The van der Waals surface area contributed by atoms with Gasteiger partial charge in [-0.1, -0.05) is 5.92 Å². The molecule has 0 spiro atoms. The van der Waals surface area contributed by atoms with Gasteiger partial charge in [0.15, 0.2) is 5.92 Å². The number of hydrazine groups is 1. The second-order valence-electron chi connectivity index (χ2n) is 5.64. The molecular formula is C18H20N2O5. The molecule has 25 heavy (non-hydrogen) atoms. The molecule has 2 heterocycles. The van der Waals surface area contributed by atoms with Gasteiger partial charge < -0.3 is 14.2 Å². The lowest BCUT2D eigenvalue weighted by Crippen LogP contribution is -2.41. The maximum absolute atomic E-state index is 12.9. The third kappa shape index (κ3) is 2.89. The molecule has 0 unspecified atom stereocenters. The van der Waals surface area contributed by atoms with Gasteiger partial charge in [-0.3, -0.25) is 9.59 Å². The molecule has 1 aromatic rings. The minimum atomic E-state index is -0.980. The number of fused-ring (bicyclic) bond motifs is 1. The van der Waals surface area contributed by atoms with Gasteiger partial charge in [-0.15, -0.1) is 5.92 Å². The van der Waals surface area contributed by atoms with Crippen molar-refractivity contribution in [1.29, 1.82) is 0 Å². The zero-order valence-corrected chi connectivity index (χ0v) is 14.5. The van der Waals surface area contributed by atoms with Crippen molar-refractivity contribution >= 4 is 11.8 Å². The number of nitrogens with zero attached hydrogens (tertiary/aromatic N) is 2. The Balaban J connectivity index is 2.10. The lowest BCUT2D eigenvalue weighted by atomic mass is 9.94. The molecule has 1 aromatic carbocycles. The quantitative estimate of drug-likeness (QED) is 0.599. The van der Waals surface area contributed by atoms with E-state index in [1.807, 2.05) is 0 Å². The number of carbonyl (C=O) groups excluding carboxylic acids is 2. The molecule has 132 valence electrons. The van der Waals surface area contributed by atoms with Gasteiger partial charge in [-0.25, -0.2) is 10.0 Å². The van der Waals surface area contributed by atoms with Crippen molar-refractivity contribution in [3.05, 3.63) is 23.3 Å². The number of hydrogen-bond donors (Lipinski definition) is 0. The molecular weight excluding hydrogens is 324 g/mol. The SMILES string of the molecule is CC#Cc1cc(OC)c(C2C(=O)N3CCOCCN3C2=O)c(OC)c1. The monoisotopic (exact) mass is 344 g/mol. The average molecular weight is 344 g/mol. The van der Waals surface area contributed by atoms with E-state index in [0.29, 0.717) is 48.9 Å². The fourth-order valence-corrected chi connectivity index (χ4v) is 3.19. The highest BCUT2D eigenvalue weighted by Crippen LogP contribution is 2.41. The molecule has 0 aromatic heterocycles. The summed E-state index contributed by atoms with van der Waals surface area (Å²) < 4.78 is 16.2. The van der Waals surface area contributed by atoms with E-state index >= 15 is 0 Å². The molecule has 7 heteroatoms. The Kier molecular flexibility index (Phi) is 4.81. The van der Waals surface area contributed by atoms with Crippen LogP contribution in [0.25, 0.3) is 0 Å². The van der Waals surface area contributed by atoms with Crippen molar-refractivity contribution < 1.29 is 23.8 Å². The number of rotatable bonds is 3. The van der Waals surface area contributed by atoms with Crippen molar-refractivity contribution in [2.24, 2.45) is 0 Å². The van der Waals surface area contributed by atoms with Crippen LogP contribution >= 0.6 is 0 Å². The summed E-state index contributed by atoms with van der Waals surface area (Å²) in [6.45, 7) is 3.24. The van der Waals surface area contributed by atoms with Crippen LogP contribution in [0.1, 0.15) is 24.0 Å². The van der Waals surface area contributed by atoms with Crippen LogP contribution in [-0.2, 0) is 14.3 Å². The van der Waals surface area contributed by atoms with E-state index in [9.17, 15) is 9.59 Å². The highest BCUT2D eigenvalue weighted by atomic mass is 16.5. The smallest absolute Gasteiger partial charge is 0.258 e. The number of benzene rings is 1. The van der Waals surface area contributed by atoms with Gasteiger partial charge in [0.25, 0.3) is 11.8 Å². The minimum absolute atomic E-state index is 0.290. The number of ether oxygens (including phenoxy) is 3. The zero-order valence-electron chi connectivity index (χ0n) is 14.5. The van der Waals surface area contributed by atoms with Crippen LogP contribution in [0.5, 0.6) is 11.5 Å². The van der Waals surface area contributed by atoms with Gasteiger partial charge >= 0.3 is 0 Å². The Morgan fingerprint density at radius 1 is 1.04 bits per heavy atom. The first-order valence-corrected chi connectivity index (χ1v) is 8.01. The molecule has 2 fully saturated rings. The lowest BCUT2D eigenvalue weighted by Gasteiger charge is -2.23. The highest BCUT2D eigenvalue weighted by Gasteiger charge is 2.49. The molecule has 0 bridgehead atoms. The standard InChI is InChI=1S/C18H20N2O5/c1-4-5-12-10-13(23-2)15(14(11-12)24-3)16-17(21)19-6-8-25-9-7-20(19)18(16)22/h10-11,16H,6-9H2,1-3H3. The molecule has 3 rings (SSSR count). The van der Waals surface area contributed by atoms with Crippen LogP contribution in [0.2, 0.25) is 0 Å². The normalized spacial score (nSPS) is 17.7. The molecule has 0 radical (unpaired) electrons. The fourth-order valence-electron chi connectivity index (χ4n) is 3.19. The molecule has 2 saturated heterocycles. The molecule has 2 aliphatic rings. The number of amides is 2. The predicted octanol–water partition coefficient (Wildman–Crippen LogP) is 0.775. The third-order valence-electron chi connectivity index (χ3n) is 4.29. The highest BCUT2D eigenvalue weighted by molar-refractivity contribution is 6.11. The largest absolute Gasteiger partial charge is 0.496 e.